The summed E-state index contributed by atoms with van der Waals surface area (Å²) in [4.78, 5) is 14.3. The van der Waals surface area contributed by atoms with Gasteiger partial charge in [0.15, 0.2) is 0 Å². The van der Waals surface area contributed by atoms with Gasteiger partial charge in [-0.2, -0.15) is 0 Å². The number of halogens is 2. The Kier molecular flexibility index (Phi) is 4.84. The number of fused-ring (bicyclic) bond motifs is 1. The van der Waals surface area contributed by atoms with Crippen molar-refractivity contribution in [2.75, 3.05) is 26.2 Å². The number of nitrogens with zero attached hydrogens (tertiary/aromatic N) is 1. The lowest BCUT2D eigenvalue weighted by Gasteiger charge is -2.23. The molecule has 0 bridgehead atoms. The van der Waals surface area contributed by atoms with Gasteiger partial charge in [0.05, 0.1) is 11.4 Å². The van der Waals surface area contributed by atoms with Gasteiger partial charge in [0, 0.05) is 31.2 Å². The van der Waals surface area contributed by atoms with E-state index in [4.69, 9.17) is 0 Å². The first-order valence-corrected chi connectivity index (χ1v) is 9.26. The van der Waals surface area contributed by atoms with Crippen LogP contribution in [-0.4, -0.2) is 57.9 Å². The molecule has 2 heterocycles. The van der Waals surface area contributed by atoms with Crippen LogP contribution in [0.4, 0.5) is 8.78 Å². The summed E-state index contributed by atoms with van der Waals surface area (Å²) < 4.78 is 49.9. The van der Waals surface area contributed by atoms with Crippen molar-refractivity contribution in [3.63, 3.8) is 0 Å². The molecule has 24 heavy (non-hydrogen) atoms. The maximum Gasteiger partial charge on any atom is 0.254 e. The molecule has 3 rings (SSSR count). The van der Waals surface area contributed by atoms with Gasteiger partial charge in [-0.3, -0.25) is 4.79 Å². The van der Waals surface area contributed by atoms with E-state index in [2.05, 4.69) is 5.32 Å². The maximum absolute atomic E-state index is 12.6. The van der Waals surface area contributed by atoms with Crippen molar-refractivity contribution < 1.29 is 22.0 Å². The third-order valence-electron chi connectivity index (χ3n) is 4.55. The molecule has 0 spiro atoms. The van der Waals surface area contributed by atoms with E-state index >= 15 is 0 Å². The zero-order valence-corrected chi connectivity index (χ0v) is 13.7. The van der Waals surface area contributed by atoms with Crippen LogP contribution in [0.2, 0.25) is 0 Å². The van der Waals surface area contributed by atoms with Gasteiger partial charge in [0.2, 0.25) is 10.0 Å². The van der Waals surface area contributed by atoms with E-state index in [1.54, 1.807) is 0 Å². The van der Waals surface area contributed by atoms with Crippen LogP contribution >= 0.6 is 0 Å². The Labute approximate surface area is 139 Å². The van der Waals surface area contributed by atoms with Crippen molar-refractivity contribution in [2.45, 2.75) is 23.8 Å². The summed E-state index contributed by atoms with van der Waals surface area (Å²) in [6.07, 6.45) is -1.79. The summed E-state index contributed by atoms with van der Waals surface area (Å²) in [5, 5.41) is 3.27. The Morgan fingerprint density at radius 3 is 2.67 bits per heavy atom. The highest BCUT2D eigenvalue weighted by atomic mass is 32.2. The van der Waals surface area contributed by atoms with Crippen molar-refractivity contribution in [3.05, 3.63) is 29.8 Å². The van der Waals surface area contributed by atoms with Gasteiger partial charge in [-0.25, -0.2) is 21.9 Å². The van der Waals surface area contributed by atoms with E-state index in [9.17, 15) is 22.0 Å². The number of sulfonamides is 1. The van der Waals surface area contributed by atoms with Crippen LogP contribution < -0.4 is 10.0 Å². The molecule has 1 aromatic rings. The first kappa shape index (κ1) is 17.2. The van der Waals surface area contributed by atoms with Gasteiger partial charge in [0.1, 0.15) is 0 Å². The van der Waals surface area contributed by atoms with Crippen molar-refractivity contribution in [1.82, 2.24) is 14.9 Å². The smallest absolute Gasteiger partial charge is 0.254 e. The third kappa shape index (κ3) is 3.42. The summed E-state index contributed by atoms with van der Waals surface area (Å²) >= 11 is 0. The highest BCUT2D eigenvalue weighted by Gasteiger charge is 2.40. The van der Waals surface area contributed by atoms with E-state index in [0.29, 0.717) is 18.0 Å². The Morgan fingerprint density at radius 1 is 1.29 bits per heavy atom. The summed E-state index contributed by atoms with van der Waals surface area (Å²) in [6, 6.07) is 5.57. The summed E-state index contributed by atoms with van der Waals surface area (Å²) in [7, 11) is -4.00. The molecule has 132 valence electrons. The zero-order chi connectivity index (χ0) is 17.3. The van der Waals surface area contributed by atoms with E-state index in [-0.39, 0.29) is 16.8 Å². The number of carbonyl (C=O) groups is 1. The molecule has 1 amide bonds. The number of rotatable bonds is 5. The summed E-state index contributed by atoms with van der Waals surface area (Å²) in [5.74, 6) is 0.350. The number of benzene rings is 1. The largest absolute Gasteiger partial charge is 0.334 e. The molecule has 2 saturated heterocycles. The molecule has 1 aromatic carbocycles. The fourth-order valence-corrected chi connectivity index (χ4v) is 4.31. The fraction of sp³-hybridized carbons (Fsp3) is 0.533. The van der Waals surface area contributed by atoms with E-state index < -0.39 is 23.0 Å². The monoisotopic (exact) mass is 359 g/mol. The number of likely N-dealkylation sites (tertiary alicyclic amines) is 1. The number of alkyl halides is 2. The van der Waals surface area contributed by atoms with E-state index in [0.717, 1.165) is 19.5 Å². The Morgan fingerprint density at radius 2 is 2.00 bits per heavy atom. The fourth-order valence-electron chi connectivity index (χ4n) is 3.30. The van der Waals surface area contributed by atoms with Crippen LogP contribution in [0.25, 0.3) is 0 Å². The van der Waals surface area contributed by atoms with Gasteiger partial charge in [-0.1, -0.05) is 0 Å². The molecule has 6 nitrogen and oxygen atoms in total. The van der Waals surface area contributed by atoms with Crippen LogP contribution in [-0.2, 0) is 10.0 Å². The van der Waals surface area contributed by atoms with E-state index in [1.165, 1.54) is 24.3 Å². The molecular formula is C15H19F2N3O3S. The van der Waals surface area contributed by atoms with Crippen molar-refractivity contribution in [2.24, 2.45) is 5.92 Å². The number of hydrogen-bond donors (Lipinski definition) is 2. The van der Waals surface area contributed by atoms with Gasteiger partial charge in [0.25, 0.3) is 12.3 Å². The minimum atomic E-state index is -4.00. The number of hydrogen-bond acceptors (Lipinski definition) is 4. The molecule has 2 aliphatic rings. The first-order chi connectivity index (χ1) is 11.4. The lowest BCUT2D eigenvalue weighted by atomic mass is 10.0. The topological polar surface area (TPSA) is 78.5 Å². The number of amides is 1. The molecule has 2 fully saturated rings. The van der Waals surface area contributed by atoms with Crippen LogP contribution in [0.5, 0.6) is 0 Å². The lowest BCUT2D eigenvalue weighted by molar-refractivity contribution is 0.0737. The minimum absolute atomic E-state index is 0.129. The van der Waals surface area contributed by atoms with E-state index in [1.807, 2.05) is 9.62 Å². The Bertz CT molecular complexity index is 709. The Balaban J connectivity index is 1.71. The molecule has 2 aliphatic heterocycles. The van der Waals surface area contributed by atoms with Crippen LogP contribution in [0, 0.1) is 5.92 Å². The molecule has 0 aliphatic carbocycles. The Hall–Kier alpha value is -1.58. The molecular weight excluding hydrogens is 340 g/mol. The molecule has 0 aromatic heterocycles. The second-order valence-corrected chi connectivity index (χ2v) is 7.81. The normalized spacial score (nSPS) is 23.7. The summed E-state index contributed by atoms with van der Waals surface area (Å²) in [5.41, 5.74) is 0.398. The molecule has 0 radical (unpaired) electrons. The predicted molar refractivity (Wildman–Crippen MR) is 83.4 cm³/mol. The molecule has 2 atom stereocenters. The molecule has 0 unspecified atom stereocenters. The third-order valence-corrected chi connectivity index (χ3v) is 5.98. The number of nitrogens with one attached hydrogen (secondary N) is 2. The average Bonchev–Trinajstić information content (AvgIpc) is 3.16. The highest BCUT2D eigenvalue weighted by Crippen LogP contribution is 2.28. The van der Waals surface area contributed by atoms with Gasteiger partial charge >= 0.3 is 0 Å². The first-order valence-electron chi connectivity index (χ1n) is 7.78. The second kappa shape index (κ2) is 6.73. The van der Waals surface area contributed by atoms with Crippen molar-refractivity contribution in [3.8, 4) is 0 Å². The van der Waals surface area contributed by atoms with Crippen LogP contribution in [0.1, 0.15) is 16.8 Å². The SMILES string of the molecule is O=C(c1ccc(S(=O)(=O)NCC(F)F)cc1)N1CC[C@H]2CNC[C@H]21. The van der Waals surface area contributed by atoms with Crippen molar-refractivity contribution in [1.29, 1.82) is 0 Å². The molecule has 2 N–H and O–H groups in total. The highest BCUT2D eigenvalue weighted by molar-refractivity contribution is 7.89. The number of carbonyl (C=O) groups excluding carboxylic acids is 1. The zero-order valence-electron chi connectivity index (χ0n) is 12.9. The quantitative estimate of drug-likeness (QED) is 0.810. The van der Waals surface area contributed by atoms with Crippen molar-refractivity contribution >= 4 is 15.9 Å². The predicted octanol–water partition coefficient (Wildman–Crippen LogP) is 0.664. The van der Waals surface area contributed by atoms with Gasteiger partial charge < -0.3 is 10.2 Å². The van der Waals surface area contributed by atoms with Gasteiger partial charge in [-0.05, 0) is 36.6 Å². The average molecular weight is 359 g/mol. The van der Waals surface area contributed by atoms with Gasteiger partial charge in [-0.15, -0.1) is 0 Å². The lowest BCUT2D eigenvalue weighted by Crippen LogP contribution is -2.39. The molecule has 9 heteroatoms. The molecule has 0 saturated carbocycles. The standard InChI is InChI=1S/C15H19F2N3O3S/c16-14(17)9-19-24(22,23)12-3-1-10(2-4-12)15(21)20-6-5-11-7-18-8-13(11)20/h1-4,11,13-14,18-19H,5-9H2/t11-,13+/m0/s1. The minimum Gasteiger partial charge on any atom is -0.334 e. The maximum atomic E-state index is 12.6. The van der Waals surface area contributed by atoms with Crippen LogP contribution in [0.15, 0.2) is 29.2 Å². The van der Waals surface area contributed by atoms with Crippen LogP contribution in [0.3, 0.4) is 0 Å². The summed E-state index contributed by atoms with van der Waals surface area (Å²) in [6.45, 7) is 1.46. The second-order valence-electron chi connectivity index (χ2n) is 6.04.